The van der Waals surface area contributed by atoms with E-state index in [1.165, 1.54) is 9.75 Å². The third-order valence-corrected chi connectivity index (χ3v) is 4.02. The van der Waals surface area contributed by atoms with Crippen molar-refractivity contribution in [2.75, 3.05) is 5.88 Å². The summed E-state index contributed by atoms with van der Waals surface area (Å²) in [5.74, 6) is 0.920. The Balaban J connectivity index is 2.61. The fourth-order valence-corrected chi connectivity index (χ4v) is 2.85. The van der Waals surface area contributed by atoms with Gasteiger partial charge >= 0.3 is 0 Å². The minimum absolute atomic E-state index is 0.103. The van der Waals surface area contributed by atoms with Gasteiger partial charge in [-0.05, 0) is 38.3 Å². The van der Waals surface area contributed by atoms with Gasteiger partial charge in [0.15, 0.2) is 0 Å². The number of ketones is 1. The Morgan fingerprint density at radius 2 is 2.13 bits per heavy atom. The van der Waals surface area contributed by atoms with E-state index in [0.29, 0.717) is 5.88 Å². The topological polar surface area (TPSA) is 17.1 Å². The molecule has 0 bridgehead atoms. The molecule has 0 aliphatic carbocycles. The Bertz CT molecular complexity index is 319. The summed E-state index contributed by atoms with van der Waals surface area (Å²) in [6, 6.07) is 4.28. The van der Waals surface area contributed by atoms with Crippen LogP contribution in [0.5, 0.6) is 0 Å². The number of halogens is 1. The number of carbonyl (C=O) groups excluding carboxylic acids is 1. The molecule has 84 valence electrons. The van der Waals surface area contributed by atoms with Crippen molar-refractivity contribution in [1.82, 2.24) is 0 Å². The molecule has 1 heterocycles. The van der Waals surface area contributed by atoms with Gasteiger partial charge in [0.1, 0.15) is 5.78 Å². The molecule has 0 aliphatic heterocycles. The smallest absolute Gasteiger partial charge is 0.133 e. The maximum absolute atomic E-state index is 11.4. The highest BCUT2D eigenvalue weighted by atomic mass is 35.5. The first kappa shape index (κ1) is 12.7. The highest BCUT2D eigenvalue weighted by Gasteiger charge is 2.15. The Morgan fingerprint density at radius 3 is 2.60 bits per heavy atom. The van der Waals surface area contributed by atoms with Crippen LogP contribution in [0.25, 0.3) is 0 Å². The van der Waals surface area contributed by atoms with E-state index < -0.39 is 0 Å². The molecule has 1 atom stereocenters. The van der Waals surface area contributed by atoms with Gasteiger partial charge in [-0.1, -0.05) is 6.92 Å². The van der Waals surface area contributed by atoms with Crippen molar-refractivity contribution in [1.29, 1.82) is 0 Å². The van der Waals surface area contributed by atoms with Crippen molar-refractivity contribution in [2.45, 2.75) is 33.1 Å². The molecule has 1 aromatic rings. The SMILES string of the molecule is CCc1ccc(CC(CCCl)C(C)=O)s1. The third kappa shape index (κ3) is 3.96. The number of rotatable bonds is 6. The number of Topliss-reactive ketones (excluding diaryl/α,β-unsaturated/α-hetero) is 1. The van der Waals surface area contributed by atoms with Gasteiger partial charge in [-0.15, -0.1) is 22.9 Å². The Kier molecular flexibility index (Phi) is 5.34. The van der Waals surface area contributed by atoms with Crippen molar-refractivity contribution in [3.63, 3.8) is 0 Å². The molecule has 1 rings (SSSR count). The summed E-state index contributed by atoms with van der Waals surface area (Å²) in [5, 5.41) is 0. The summed E-state index contributed by atoms with van der Waals surface area (Å²) in [5.41, 5.74) is 0. The fraction of sp³-hybridized carbons (Fsp3) is 0.583. The van der Waals surface area contributed by atoms with E-state index >= 15 is 0 Å². The summed E-state index contributed by atoms with van der Waals surface area (Å²) in [6.45, 7) is 3.81. The van der Waals surface area contributed by atoms with Gasteiger partial charge in [-0.25, -0.2) is 0 Å². The Morgan fingerprint density at radius 1 is 1.47 bits per heavy atom. The van der Waals surface area contributed by atoms with Crippen LogP contribution in [-0.4, -0.2) is 11.7 Å². The van der Waals surface area contributed by atoms with Crippen LogP contribution in [-0.2, 0) is 17.6 Å². The molecule has 0 fully saturated rings. The van der Waals surface area contributed by atoms with Gasteiger partial charge in [0, 0.05) is 21.6 Å². The number of alkyl halides is 1. The first-order valence-electron chi connectivity index (χ1n) is 5.31. The predicted octanol–water partition coefficient (Wildman–Crippen LogP) is 3.69. The Labute approximate surface area is 100 Å². The molecule has 1 aromatic heterocycles. The first-order chi connectivity index (χ1) is 7.17. The number of thiophene rings is 1. The second kappa shape index (κ2) is 6.29. The number of hydrogen-bond acceptors (Lipinski definition) is 2. The lowest BCUT2D eigenvalue weighted by Crippen LogP contribution is -2.13. The largest absolute Gasteiger partial charge is 0.300 e. The maximum atomic E-state index is 11.4. The van der Waals surface area contributed by atoms with E-state index in [1.54, 1.807) is 6.92 Å². The number of hydrogen-bond donors (Lipinski definition) is 0. The lowest BCUT2D eigenvalue weighted by molar-refractivity contribution is -0.120. The molecule has 0 N–H and O–H groups in total. The molecule has 0 aliphatic rings. The maximum Gasteiger partial charge on any atom is 0.133 e. The molecule has 1 nitrogen and oxygen atoms in total. The average Bonchev–Trinajstić information content (AvgIpc) is 2.65. The molecule has 0 aromatic carbocycles. The standard InChI is InChI=1S/C12H17ClOS/c1-3-11-4-5-12(15-11)8-10(6-7-13)9(2)14/h4-5,10H,3,6-8H2,1-2H3. The lowest BCUT2D eigenvalue weighted by atomic mass is 9.97. The number of aryl methyl sites for hydroxylation is 1. The van der Waals surface area contributed by atoms with Gasteiger partial charge < -0.3 is 0 Å². The minimum Gasteiger partial charge on any atom is -0.300 e. The van der Waals surface area contributed by atoms with Crippen LogP contribution in [0.2, 0.25) is 0 Å². The summed E-state index contributed by atoms with van der Waals surface area (Å²) < 4.78 is 0. The van der Waals surface area contributed by atoms with E-state index in [-0.39, 0.29) is 11.7 Å². The second-order valence-electron chi connectivity index (χ2n) is 3.71. The third-order valence-electron chi connectivity index (χ3n) is 2.55. The molecule has 0 spiro atoms. The zero-order chi connectivity index (χ0) is 11.3. The van der Waals surface area contributed by atoms with Crippen LogP contribution < -0.4 is 0 Å². The van der Waals surface area contributed by atoms with Crippen LogP contribution in [0.4, 0.5) is 0 Å². The van der Waals surface area contributed by atoms with E-state index in [0.717, 1.165) is 19.3 Å². The molecule has 0 saturated heterocycles. The van der Waals surface area contributed by atoms with E-state index in [4.69, 9.17) is 11.6 Å². The van der Waals surface area contributed by atoms with E-state index in [9.17, 15) is 4.79 Å². The zero-order valence-corrected chi connectivity index (χ0v) is 10.8. The highest BCUT2D eigenvalue weighted by Crippen LogP contribution is 2.22. The number of carbonyl (C=O) groups is 1. The second-order valence-corrected chi connectivity index (χ2v) is 5.34. The van der Waals surface area contributed by atoms with Gasteiger partial charge in [-0.3, -0.25) is 4.79 Å². The average molecular weight is 245 g/mol. The molecule has 0 radical (unpaired) electrons. The van der Waals surface area contributed by atoms with Gasteiger partial charge in [0.2, 0.25) is 0 Å². The molecule has 15 heavy (non-hydrogen) atoms. The van der Waals surface area contributed by atoms with E-state index in [2.05, 4.69) is 19.1 Å². The van der Waals surface area contributed by atoms with Gasteiger partial charge in [0.05, 0.1) is 0 Å². The highest BCUT2D eigenvalue weighted by molar-refractivity contribution is 7.12. The monoisotopic (exact) mass is 244 g/mol. The summed E-state index contributed by atoms with van der Waals surface area (Å²) in [4.78, 5) is 14.1. The van der Waals surface area contributed by atoms with E-state index in [1.807, 2.05) is 11.3 Å². The van der Waals surface area contributed by atoms with Crippen LogP contribution in [0.3, 0.4) is 0 Å². The Hall–Kier alpha value is -0.340. The quantitative estimate of drug-likeness (QED) is 0.698. The molecule has 0 saturated carbocycles. The molecular formula is C12H17ClOS. The molecular weight excluding hydrogens is 228 g/mol. The minimum atomic E-state index is 0.103. The van der Waals surface area contributed by atoms with Crippen LogP contribution >= 0.6 is 22.9 Å². The van der Waals surface area contributed by atoms with Crippen molar-refractivity contribution in [3.05, 3.63) is 21.9 Å². The van der Waals surface area contributed by atoms with Crippen LogP contribution in [0.15, 0.2) is 12.1 Å². The van der Waals surface area contributed by atoms with Crippen molar-refractivity contribution in [2.24, 2.45) is 5.92 Å². The normalized spacial score (nSPS) is 12.7. The molecule has 1 unspecified atom stereocenters. The van der Waals surface area contributed by atoms with Gasteiger partial charge in [0.25, 0.3) is 0 Å². The molecule has 0 amide bonds. The zero-order valence-electron chi connectivity index (χ0n) is 9.25. The summed E-state index contributed by atoms with van der Waals surface area (Å²) in [7, 11) is 0. The molecule has 3 heteroatoms. The van der Waals surface area contributed by atoms with Crippen molar-refractivity contribution >= 4 is 28.7 Å². The summed E-state index contributed by atoms with van der Waals surface area (Å²) >= 11 is 7.50. The fourth-order valence-electron chi connectivity index (χ4n) is 1.55. The van der Waals surface area contributed by atoms with Gasteiger partial charge in [-0.2, -0.15) is 0 Å². The summed E-state index contributed by atoms with van der Waals surface area (Å²) in [6.07, 6.45) is 2.72. The van der Waals surface area contributed by atoms with Crippen molar-refractivity contribution < 1.29 is 4.79 Å². The van der Waals surface area contributed by atoms with Crippen molar-refractivity contribution in [3.8, 4) is 0 Å². The first-order valence-corrected chi connectivity index (χ1v) is 6.66. The predicted molar refractivity (Wildman–Crippen MR) is 66.9 cm³/mol. The van der Waals surface area contributed by atoms with Crippen LogP contribution in [0.1, 0.15) is 30.0 Å². The lowest BCUT2D eigenvalue weighted by Gasteiger charge is -2.10. The van der Waals surface area contributed by atoms with Crippen LogP contribution in [0, 0.1) is 5.92 Å².